The van der Waals surface area contributed by atoms with E-state index in [4.69, 9.17) is 0 Å². The molecule has 0 atom stereocenters. The van der Waals surface area contributed by atoms with Crippen molar-refractivity contribution >= 4 is 11.1 Å². The van der Waals surface area contributed by atoms with Gasteiger partial charge in [-0.2, -0.15) is 0 Å². The largest absolute Gasteiger partial charge is 0.0905 e. The molecule has 0 amide bonds. The zero-order valence-electron chi connectivity index (χ0n) is 13.7. The normalized spacial score (nSPS) is 14.3. The van der Waals surface area contributed by atoms with E-state index < -0.39 is 0 Å². The molecule has 0 N–H and O–H groups in total. The number of benzene rings is 2. The number of hydrogen-bond acceptors (Lipinski definition) is 0. The van der Waals surface area contributed by atoms with Gasteiger partial charge < -0.3 is 0 Å². The van der Waals surface area contributed by atoms with Crippen LogP contribution in [0.3, 0.4) is 0 Å². The Morgan fingerprint density at radius 3 is 1.48 bits per heavy atom. The summed E-state index contributed by atoms with van der Waals surface area (Å²) in [5.74, 6) is 0. The fourth-order valence-corrected chi connectivity index (χ4v) is 3.40. The van der Waals surface area contributed by atoms with E-state index in [0.717, 1.165) is 11.1 Å². The van der Waals surface area contributed by atoms with Gasteiger partial charge in [0.05, 0.1) is 0 Å². The zero-order valence-corrected chi connectivity index (χ0v) is 13.7. The van der Waals surface area contributed by atoms with Crippen LogP contribution in [0.1, 0.15) is 43.2 Å². The van der Waals surface area contributed by atoms with Crippen LogP contribution in [0.25, 0.3) is 11.1 Å². The Morgan fingerprint density at radius 2 is 1.04 bits per heavy atom. The fraction of sp³-hybridized carbons (Fsp3) is 0.217. The summed E-state index contributed by atoms with van der Waals surface area (Å²) in [7, 11) is 0. The SMILES string of the molecule is C=C(C(C(=C)c1ccccc1)=C1CCCCC1)c1ccccc1. The van der Waals surface area contributed by atoms with E-state index in [2.05, 4.69) is 73.8 Å². The third kappa shape index (κ3) is 3.53. The molecule has 0 spiro atoms. The van der Waals surface area contributed by atoms with Gasteiger partial charge in [0.1, 0.15) is 0 Å². The molecule has 0 unspecified atom stereocenters. The molecule has 116 valence electrons. The Hall–Kier alpha value is -2.34. The maximum atomic E-state index is 4.43. The molecule has 0 aliphatic heterocycles. The van der Waals surface area contributed by atoms with Crippen LogP contribution in [0.5, 0.6) is 0 Å². The Bertz CT molecular complexity index is 656. The standard InChI is InChI=1S/C23H24/c1-18(20-12-6-3-7-13-20)23(22-16-10-5-11-17-22)19(2)21-14-8-4-9-15-21/h3-4,6-9,12-15H,1-2,5,10-11,16-17H2. The van der Waals surface area contributed by atoms with Crippen molar-refractivity contribution in [2.45, 2.75) is 32.1 Å². The average Bonchev–Trinajstić information content (AvgIpc) is 2.64. The van der Waals surface area contributed by atoms with Crippen molar-refractivity contribution in [2.24, 2.45) is 0 Å². The first-order chi connectivity index (χ1) is 11.3. The van der Waals surface area contributed by atoms with Crippen molar-refractivity contribution < 1.29 is 0 Å². The third-order valence-electron chi connectivity index (χ3n) is 4.66. The van der Waals surface area contributed by atoms with Crippen LogP contribution < -0.4 is 0 Å². The monoisotopic (exact) mass is 300 g/mol. The Labute approximate surface area is 139 Å². The molecule has 2 aromatic rings. The first-order valence-electron chi connectivity index (χ1n) is 8.49. The zero-order chi connectivity index (χ0) is 16.1. The van der Waals surface area contributed by atoms with Crippen molar-refractivity contribution in [1.29, 1.82) is 0 Å². The molecule has 0 bridgehead atoms. The molecule has 1 aliphatic carbocycles. The Kier molecular flexibility index (Phi) is 4.92. The van der Waals surface area contributed by atoms with E-state index in [1.807, 2.05) is 0 Å². The number of rotatable bonds is 4. The van der Waals surface area contributed by atoms with E-state index in [1.54, 1.807) is 0 Å². The summed E-state index contributed by atoms with van der Waals surface area (Å²) in [5.41, 5.74) is 7.41. The van der Waals surface area contributed by atoms with Gasteiger partial charge >= 0.3 is 0 Å². The predicted molar refractivity (Wildman–Crippen MR) is 101 cm³/mol. The number of hydrogen-bond donors (Lipinski definition) is 0. The van der Waals surface area contributed by atoms with Gasteiger partial charge in [0.15, 0.2) is 0 Å². The second-order valence-corrected chi connectivity index (χ2v) is 6.23. The molecular weight excluding hydrogens is 276 g/mol. The van der Waals surface area contributed by atoms with Crippen LogP contribution in [0.2, 0.25) is 0 Å². The topological polar surface area (TPSA) is 0 Å². The van der Waals surface area contributed by atoms with Gasteiger partial charge in [0.25, 0.3) is 0 Å². The Balaban J connectivity index is 2.04. The van der Waals surface area contributed by atoms with Crippen LogP contribution in [0, 0.1) is 0 Å². The van der Waals surface area contributed by atoms with Gasteiger partial charge in [-0.05, 0) is 53.5 Å². The molecule has 0 heteroatoms. The van der Waals surface area contributed by atoms with Crippen molar-refractivity contribution in [1.82, 2.24) is 0 Å². The number of allylic oxidation sites excluding steroid dienone is 4. The van der Waals surface area contributed by atoms with E-state index in [0.29, 0.717) is 0 Å². The molecule has 1 aliphatic rings. The molecule has 23 heavy (non-hydrogen) atoms. The molecule has 0 nitrogen and oxygen atoms in total. The highest BCUT2D eigenvalue weighted by Gasteiger charge is 2.18. The molecular formula is C23H24. The van der Waals surface area contributed by atoms with Gasteiger partial charge in [-0.15, -0.1) is 0 Å². The first kappa shape index (κ1) is 15.6. The molecule has 1 saturated carbocycles. The highest BCUT2D eigenvalue weighted by molar-refractivity contribution is 5.97. The summed E-state index contributed by atoms with van der Waals surface area (Å²) < 4.78 is 0. The quantitative estimate of drug-likeness (QED) is 0.591. The maximum absolute atomic E-state index is 4.43. The molecule has 0 aromatic heterocycles. The molecule has 0 heterocycles. The van der Waals surface area contributed by atoms with Gasteiger partial charge in [-0.3, -0.25) is 0 Å². The van der Waals surface area contributed by atoms with Crippen LogP contribution in [-0.4, -0.2) is 0 Å². The lowest BCUT2D eigenvalue weighted by Gasteiger charge is -2.23. The van der Waals surface area contributed by atoms with Crippen molar-refractivity contribution in [3.63, 3.8) is 0 Å². The molecule has 0 radical (unpaired) electrons. The summed E-state index contributed by atoms with van der Waals surface area (Å²) in [6.07, 6.45) is 6.25. The lowest BCUT2D eigenvalue weighted by atomic mass is 9.82. The van der Waals surface area contributed by atoms with Gasteiger partial charge in [-0.25, -0.2) is 0 Å². The van der Waals surface area contributed by atoms with E-state index in [-0.39, 0.29) is 0 Å². The Morgan fingerprint density at radius 1 is 0.609 bits per heavy atom. The fourth-order valence-electron chi connectivity index (χ4n) is 3.40. The van der Waals surface area contributed by atoms with Gasteiger partial charge in [-0.1, -0.05) is 85.8 Å². The first-order valence-corrected chi connectivity index (χ1v) is 8.49. The van der Waals surface area contributed by atoms with Crippen LogP contribution in [0.15, 0.2) is 85.0 Å². The third-order valence-corrected chi connectivity index (χ3v) is 4.66. The summed E-state index contributed by atoms with van der Waals surface area (Å²) >= 11 is 0. The summed E-state index contributed by atoms with van der Waals surface area (Å²) in [5, 5.41) is 0. The van der Waals surface area contributed by atoms with Crippen molar-refractivity contribution in [3.8, 4) is 0 Å². The highest BCUT2D eigenvalue weighted by Crippen LogP contribution is 2.39. The summed E-state index contributed by atoms with van der Waals surface area (Å²) in [6.45, 7) is 8.86. The molecule has 2 aromatic carbocycles. The van der Waals surface area contributed by atoms with Crippen LogP contribution in [-0.2, 0) is 0 Å². The minimum Gasteiger partial charge on any atom is -0.0905 e. The summed E-state index contributed by atoms with van der Waals surface area (Å²) in [6, 6.07) is 21.0. The van der Waals surface area contributed by atoms with E-state index in [9.17, 15) is 0 Å². The van der Waals surface area contributed by atoms with Crippen LogP contribution in [0.4, 0.5) is 0 Å². The van der Waals surface area contributed by atoms with Crippen molar-refractivity contribution in [2.75, 3.05) is 0 Å². The maximum Gasteiger partial charge on any atom is -0.0119 e. The minimum absolute atomic E-state index is 1.11. The van der Waals surface area contributed by atoms with Gasteiger partial charge in [0, 0.05) is 0 Å². The minimum atomic E-state index is 1.11. The van der Waals surface area contributed by atoms with Gasteiger partial charge in [0.2, 0.25) is 0 Å². The summed E-state index contributed by atoms with van der Waals surface area (Å²) in [4.78, 5) is 0. The lowest BCUT2D eigenvalue weighted by Crippen LogP contribution is -2.02. The molecule has 0 saturated heterocycles. The molecule has 3 rings (SSSR count). The lowest BCUT2D eigenvalue weighted by molar-refractivity contribution is 0.597. The smallest absolute Gasteiger partial charge is 0.0119 e. The highest BCUT2D eigenvalue weighted by atomic mass is 14.2. The van der Waals surface area contributed by atoms with Crippen LogP contribution >= 0.6 is 0 Å². The van der Waals surface area contributed by atoms with E-state index in [1.165, 1.54) is 54.4 Å². The van der Waals surface area contributed by atoms with Crippen molar-refractivity contribution in [3.05, 3.63) is 96.1 Å². The van der Waals surface area contributed by atoms with E-state index >= 15 is 0 Å². The second-order valence-electron chi connectivity index (χ2n) is 6.23. The second kappa shape index (κ2) is 7.28. The average molecular weight is 300 g/mol. The molecule has 1 fully saturated rings. The predicted octanol–water partition coefficient (Wildman–Crippen LogP) is 6.67.